The number of primary amides is 1. The Kier molecular flexibility index (Phi) is 5.05. The van der Waals surface area contributed by atoms with Crippen LogP contribution in [-0.4, -0.2) is 11.8 Å². The van der Waals surface area contributed by atoms with E-state index in [9.17, 15) is 14.0 Å². The van der Waals surface area contributed by atoms with Crippen LogP contribution >= 0.6 is 11.3 Å². The summed E-state index contributed by atoms with van der Waals surface area (Å²) < 4.78 is 13.3. The fraction of sp³-hybridized carbons (Fsp3) is 0.200. The number of carbonyl (C=O) groups excluding carboxylic acids is 2. The van der Waals surface area contributed by atoms with Crippen molar-refractivity contribution in [3.8, 4) is 0 Å². The van der Waals surface area contributed by atoms with Crippen LogP contribution in [0.4, 0.5) is 10.1 Å². The third-order valence-corrected chi connectivity index (χ3v) is 3.86. The van der Waals surface area contributed by atoms with Gasteiger partial charge in [-0.25, -0.2) is 4.39 Å². The first-order chi connectivity index (χ1) is 10.1. The van der Waals surface area contributed by atoms with Crippen LogP contribution in [0.25, 0.3) is 0 Å². The van der Waals surface area contributed by atoms with E-state index in [0.717, 1.165) is 18.9 Å². The third kappa shape index (κ3) is 4.39. The van der Waals surface area contributed by atoms with Gasteiger partial charge in [-0.05, 0) is 42.5 Å². The molecule has 4 nitrogen and oxygen atoms in total. The minimum atomic E-state index is -0.860. The van der Waals surface area contributed by atoms with Crippen LogP contribution in [0.5, 0.6) is 0 Å². The van der Waals surface area contributed by atoms with Gasteiger partial charge in [0.15, 0.2) is 0 Å². The lowest BCUT2D eigenvalue weighted by molar-refractivity contribution is -0.116. The van der Waals surface area contributed by atoms with Gasteiger partial charge in [-0.1, -0.05) is 6.07 Å². The van der Waals surface area contributed by atoms with Gasteiger partial charge in [-0.2, -0.15) is 0 Å². The average molecular weight is 306 g/mol. The van der Waals surface area contributed by atoms with Gasteiger partial charge in [0.1, 0.15) is 5.82 Å². The highest BCUT2D eigenvalue weighted by atomic mass is 32.1. The molecule has 0 aliphatic carbocycles. The summed E-state index contributed by atoms with van der Waals surface area (Å²) in [5, 5.41) is 4.63. The predicted molar refractivity (Wildman–Crippen MR) is 80.8 cm³/mol. The summed E-state index contributed by atoms with van der Waals surface area (Å²) in [6, 6.07) is 7.76. The molecular formula is C15H15FN2O2S. The van der Waals surface area contributed by atoms with E-state index >= 15 is 0 Å². The molecule has 0 radical (unpaired) electrons. The highest BCUT2D eigenvalue weighted by Gasteiger charge is 2.10. The monoisotopic (exact) mass is 306 g/mol. The molecule has 6 heteroatoms. The molecule has 0 spiro atoms. The molecule has 0 saturated heterocycles. The predicted octanol–water partition coefficient (Wildman–Crippen LogP) is 2.95. The first kappa shape index (κ1) is 15.2. The van der Waals surface area contributed by atoms with Gasteiger partial charge >= 0.3 is 0 Å². The van der Waals surface area contributed by atoms with Crippen molar-refractivity contribution in [2.24, 2.45) is 5.73 Å². The Morgan fingerprint density at radius 1 is 1.29 bits per heavy atom. The molecule has 2 aromatic rings. The molecule has 0 aliphatic rings. The number of benzene rings is 1. The molecule has 0 unspecified atom stereocenters. The highest BCUT2D eigenvalue weighted by Crippen LogP contribution is 2.16. The van der Waals surface area contributed by atoms with Gasteiger partial charge < -0.3 is 11.1 Å². The van der Waals surface area contributed by atoms with Crippen molar-refractivity contribution < 1.29 is 14.0 Å². The van der Waals surface area contributed by atoms with Crippen LogP contribution in [0.15, 0.2) is 35.7 Å². The summed E-state index contributed by atoms with van der Waals surface area (Å²) in [6.45, 7) is 0. The fourth-order valence-electron chi connectivity index (χ4n) is 1.89. The van der Waals surface area contributed by atoms with Gasteiger partial charge in [-0.3, -0.25) is 9.59 Å². The van der Waals surface area contributed by atoms with E-state index in [2.05, 4.69) is 5.32 Å². The molecule has 2 rings (SSSR count). The van der Waals surface area contributed by atoms with Crippen molar-refractivity contribution >= 4 is 28.8 Å². The van der Waals surface area contributed by atoms with Gasteiger partial charge in [0.05, 0.1) is 5.56 Å². The van der Waals surface area contributed by atoms with Crippen molar-refractivity contribution in [1.29, 1.82) is 0 Å². The first-order valence-corrected chi connectivity index (χ1v) is 7.36. The largest absolute Gasteiger partial charge is 0.366 e. The van der Waals surface area contributed by atoms with Crippen molar-refractivity contribution in [1.82, 2.24) is 0 Å². The van der Waals surface area contributed by atoms with E-state index in [4.69, 9.17) is 5.73 Å². The van der Waals surface area contributed by atoms with Crippen LogP contribution in [0.2, 0.25) is 0 Å². The zero-order valence-corrected chi connectivity index (χ0v) is 12.1. The standard InChI is InChI=1S/C15H15FN2O2S/c16-13-7-6-10(9-12(13)15(17)20)18-14(19)5-1-3-11-4-2-8-21-11/h2,4,6-9H,1,3,5H2,(H2,17,20)(H,18,19). The van der Waals surface area contributed by atoms with Crippen molar-refractivity contribution in [3.63, 3.8) is 0 Å². The number of rotatable bonds is 6. The third-order valence-electron chi connectivity index (χ3n) is 2.92. The maximum atomic E-state index is 13.3. The molecule has 0 aliphatic heterocycles. The van der Waals surface area contributed by atoms with E-state index in [-0.39, 0.29) is 11.5 Å². The van der Waals surface area contributed by atoms with Crippen molar-refractivity contribution in [2.45, 2.75) is 19.3 Å². The van der Waals surface area contributed by atoms with Gasteiger partial charge in [0.2, 0.25) is 5.91 Å². The number of thiophene rings is 1. The molecule has 110 valence electrons. The second-order valence-electron chi connectivity index (χ2n) is 4.54. The lowest BCUT2D eigenvalue weighted by atomic mass is 10.1. The molecule has 2 amide bonds. The number of nitrogens with one attached hydrogen (secondary N) is 1. The summed E-state index contributed by atoms with van der Waals surface area (Å²) in [4.78, 5) is 24.1. The zero-order chi connectivity index (χ0) is 15.2. The number of hydrogen-bond donors (Lipinski definition) is 2. The summed E-state index contributed by atoms with van der Waals surface area (Å²) in [7, 11) is 0. The molecule has 3 N–H and O–H groups in total. The first-order valence-electron chi connectivity index (χ1n) is 6.48. The number of amides is 2. The summed E-state index contributed by atoms with van der Waals surface area (Å²) in [6.07, 6.45) is 1.94. The molecule has 0 atom stereocenters. The number of aryl methyl sites for hydroxylation is 1. The SMILES string of the molecule is NC(=O)c1cc(NC(=O)CCCc2cccs2)ccc1F. The number of nitrogens with two attached hydrogens (primary N) is 1. The van der Waals surface area contributed by atoms with E-state index in [1.54, 1.807) is 11.3 Å². The molecular weight excluding hydrogens is 291 g/mol. The fourth-order valence-corrected chi connectivity index (χ4v) is 2.64. The summed E-state index contributed by atoms with van der Waals surface area (Å²) in [5.41, 5.74) is 5.19. The normalized spacial score (nSPS) is 10.3. The summed E-state index contributed by atoms with van der Waals surface area (Å²) in [5.74, 6) is -1.73. The van der Waals surface area contributed by atoms with Gasteiger partial charge in [-0.15, -0.1) is 11.3 Å². The zero-order valence-electron chi connectivity index (χ0n) is 11.3. The Bertz CT molecular complexity index is 641. The molecule has 1 aromatic heterocycles. The topological polar surface area (TPSA) is 72.2 Å². The van der Waals surface area contributed by atoms with Crippen LogP contribution < -0.4 is 11.1 Å². The molecule has 0 fully saturated rings. The number of carbonyl (C=O) groups is 2. The molecule has 21 heavy (non-hydrogen) atoms. The van der Waals surface area contributed by atoms with Crippen LogP contribution in [0, 0.1) is 5.82 Å². The number of hydrogen-bond acceptors (Lipinski definition) is 3. The highest BCUT2D eigenvalue weighted by molar-refractivity contribution is 7.09. The molecule has 0 saturated carbocycles. The number of anilines is 1. The number of halogens is 1. The maximum Gasteiger partial charge on any atom is 0.251 e. The Morgan fingerprint density at radius 3 is 2.76 bits per heavy atom. The quantitative estimate of drug-likeness (QED) is 0.861. The second kappa shape index (κ2) is 6.99. The van der Waals surface area contributed by atoms with Crippen LogP contribution in [0.1, 0.15) is 28.1 Å². The lowest BCUT2D eigenvalue weighted by Gasteiger charge is -2.07. The van der Waals surface area contributed by atoms with Crippen LogP contribution in [0.3, 0.4) is 0 Å². The van der Waals surface area contributed by atoms with Crippen molar-refractivity contribution in [2.75, 3.05) is 5.32 Å². The Morgan fingerprint density at radius 2 is 2.10 bits per heavy atom. The smallest absolute Gasteiger partial charge is 0.251 e. The van der Waals surface area contributed by atoms with E-state index in [1.807, 2.05) is 17.5 Å². The van der Waals surface area contributed by atoms with E-state index in [1.165, 1.54) is 17.0 Å². The molecule has 1 heterocycles. The molecule has 0 bridgehead atoms. The maximum absolute atomic E-state index is 13.3. The van der Waals surface area contributed by atoms with E-state index < -0.39 is 11.7 Å². The van der Waals surface area contributed by atoms with Crippen LogP contribution in [-0.2, 0) is 11.2 Å². The van der Waals surface area contributed by atoms with E-state index in [0.29, 0.717) is 12.1 Å². The van der Waals surface area contributed by atoms with Crippen molar-refractivity contribution in [3.05, 3.63) is 52.0 Å². The molecule has 1 aromatic carbocycles. The summed E-state index contributed by atoms with van der Waals surface area (Å²) >= 11 is 1.66. The minimum absolute atomic E-state index is 0.173. The van der Waals surface area contributed by atoms with Gasteiger partial charge in [0.25, 0.3) is 5.91 Å². The Hall–Kier alpha value is -2.21. The minimum Gasteiger partial charge on any atom is -0.366 e. The Labute approximate surface area is 125 Å². The second-order valence-corrected chi connectivity index (χ2v) is 5.57. The van der Waals surface area contributed by atoms with Gasteiger partial charge in [0, 0.05) is 17.0 Å². The Balaban J connectivity index is 1.87. The lowest BCUT2D eigenvalue weighted by Crippen LogP contribution is -2.15. The average Bonchev–Trinajstić information content (AvgIpc) is 2.94.